The van der Waals surface area contributed by atoms with Crippen molar-refractivity contribution >= 4 is 44.4 Å². The summed E-state index contributed by atoms with van der Waals surface area (Å²) in [6.45, 7) is 1.72. The maximum Gasteiger partial charge on any atom is 0.242 e. The third kappa shape index (κ3) is 4.72. The molecule has 0 aliphatic rings. The van der Waals surface area contributed by atoms with Gasteiger partial charge in [0, 0.05) is 25.8 Å². The van der Waals surface area contributed by atoms with E-state index in [1.165, 1.54) is 31.9 Å². The second-order valence-electron chi connectivity index (χ2n) is 6.53. The molecule has 0 bridgehead atoms. The van der Waals surface area contributed by atoms with Gasteiger partial charge in [-0.25, -0.2) is 17.7 Å². The predicted octanol–water partition coefficient (Wildman–Crippen LogP) is 2.86. The van der Waals surface area contributed by atoms with E-state index in [9.17, 15) is 13.2 Å². The van der Waals surface area contributed by atoms with Gasteiger partial charge in [-0.15, -0.1) is 0 Å². The number of nitrogens with one attached hydrogen (secondary N) is 2. The van der Waals surface area contributed by atoms with E-state index in [2.05, 4.69) is 15.3 Å². The van der Waals surface area contributed by atoms with Crippen LogP contribution >= 0.6 is 11.8 Å². The molecule has 2 N–H and O–H groups in total. The van der Waals surface area contributed by atoms with Crippen molar-refractivity contribution in [3.8, 4) is 5.75 Å². The Morgan fingerprint density at radius 1 is 1.24 bits per heavy atom. The lowest BCUT2D eigenvalue weighted by Gasteiger charge is -2.15. The fourth-order valence-corrected chi connectivity index (χ4v) is 4.47. The number of imidazole rings is 1. The molecule has 0 fully saturated rings. The fraction of sp³-hybridized carbons (Fsp3) is 0.263. The average molecular weight is 435 g/mol. The second kappa shape index (κ2) is 8.44. The van der Waals surface area contributed by atoms with Gasteiger partial charge in [0.1, 0.15) is 5.75 Å². The number of sulfonamides is 1. The highest BCUT2D eigenvalue weighted by Gasteiger charge is 2.20. The first-order valence-corrected chi connectivity index (χ1v) is 11.1. The first-order valence-electron chi connectivity index (χ1n) is 8.70. The van der Waals surface area contributed by atoms with Crippen LogP contribution in [0.1, 0.15) is 5.56 Å². The van der Waals surface area contributed by atoms with E-state index < -0.39 is 10.0 Å². The summed E-state index contributed by atoms with van der Waals surface area (Å²) in [6, 6.07) is 10.3. The number of rotatable bonds is 7. The van der Waals surface area contributed by atoms with E-state index in [-0.39, 0.29) is 16.6 Å². The molecule has 8 nitrogen and oxygen atoms in total. The van der Waals surface area contributed by atoms with E-state index in [1.54, 1.807) is 26.2 Å². The number of benzene rings is 2. The number of anilines is 1. The number of hydrogen-bond donors (Lipinski definition) is 2. The normalized spacial score (nSPS) is 11.8. The molecule has 1 aromatic heterocycles. The Hall–Kier alpha value is -2.56. The van der Waals surface area contributed by atoms with Gasteiger partial charge in [-0.1, -0.05) is 17.8 Å². The summed E-state index contributed by atoms with van der Waals surface area (Å²) < 4.78 is 31.2. The van der Waals surface area contributed by atoms with Crippen molar-refractivity contribution in [1.29, 1.82) is 0 Å². The molecule has 0 spiro atoms. The number of aromatic nitrogens is 2. The molecule has 0 unspecified atom stereocenters. The average Bonchev–Trinajstić information content (AvgIpc) is 3.09. The van der Waals surface area contributed by atoms with E-state index in [0.29, 0.717) is 16.4 Å². The zero-order chi connectivity index (χ0) is 21.2. The van der Waals surface area contributed by atoms with E-state index >= 15 is 0 Å². The fourth-order valence-electron chi connectivity index (χ4n) is 2.64. The second-order valence-corrected chi connectivity index (χ2v) is 9.61. The highest BCUT2D eigenvalue weighted by molar-refractivity contribution is 7.99. The number of nitrogens with zero attached hydrogens (tertiary/aromatic N) is 2. The first kappa shape index (κ1) is 21.2. The molecule has 154 valence electrons. The standard InChI is InChI=1S/C19H22N4O4S2/c1-12-5-6-13(9-17(12)29(25,26)23(2)3)20-18(24)11-28-19-21-15-8-7-14(27-4)10-16(15)22-19/h5-10H,11H2,1-4H3,(H,20,24)(H,21,22). The highest BCUT2D eigenvalue weighted by atomic mass is 32.2. The number of amides is 1. The molecular weight excluding hydrogens is 412 g/mol. The Morgan fingerprint density at radius 3 is 2.69 bits per heavy atom. The molecular formula is C19H22N4O4S2. The van der Waals surface area contributed by atoms with Gasteiger partial charge in [0.05, 0.1) is 28.8 Å². The van der Waals surface area contributed by atoms with Crippen LogP contribution < -0.4 is 10.1 Å². The number of aromatic amines is 1. The van der Waals surface area contributed by atoms with Crippen LogP contribution in [0.3, 0.4) is 0 Å². The topological polar surface area (TPSA) is 104 Å². The van der Waals surface area contributed by atoms with Gasteiger partial charge in [0.2, 0.25) is 15.9 Å². The van der Waals surface area contributed by atoms with E-state index in [4.69, 9.17) is 4.74 Å². The third-order valence-electron chi connectivity index (χ3n) is 4.24. The number of carbonyl (C=O) groups is 1. The molecule has 1 heterocycles. The number of methoxy groups -OCH3 is 1. The Bertz CT molecular complexity index is 1160. The van der Waals surface area contributed by atoms with Gasteiger partial charge in [0.15, 0.2) is 5.16 Å². The lowest BCUT2D eigenvalue weighted by atomic mass is 10.2. The van der Waals surface area contributed by atoms with Gasteiger partial charge >= 0.3 is 0 Å². The number of ether oxygens (including phenoxy) is 1. The molecule has 1 amide bonds. The quantitative estimate of drug-likeness (QED) is 0.554. The number of aryl methyl sites for hydroxylation is 1. The summed E-state index contributed by atoms with van der Waals surface area (Å²) >= 11 is 1.26. The smallest absolute Gasteiger partial charge is 0.242 e. The largest absolute Gasteiger partial charge is 0.497 e. The molecule has 0 radical (unpaired) electrons. The molecule has 0 atom stereocenters. The lowest BCUT2D eigenvalue weighted by Crippen LogP contribution is -2.23. The SMILES string of the molecule is COc1ccc2nc(SCC(=O)Nc3ccc(C)c(S(=O)(=O)N(C)C)c3)[nH]c2c1. The minimum atomic E-state index is -3.59. The Labute approximate surface area is 173 Å². The summed E-state index contributed by atoms with van der Waals surface area (Å²) in [4.78, 5) is 20.1. The molecule has 3 rings (SSSR count). The molecule has 2 aromatic carbocycles. The van der Waals surface area contributed by atoms with Crippen molar-refractivity contribution in [3.63, 3.8) is 0 Å². The molecule has 3 aromatic rings. The van der Waals surface area contributed by atoms with Gasteiger partial charge in [-0.05, 0) is 36.8 Å². The zero-order valence-electron chi connectivity index (χ0n) is 16.5. The summed E-state index contributed by atoms with van der Waals surface area (Å²) in [7, 11) is 0.949. The van der Waals surface area contributed by atoms with Crippen LogP contribution in [0, 0.1) is 6.92 Å². The van der Waals surface area contributed by atoms with Gasteiger partial charge in [0.25, 0.3) is 0 Å². The Kier molecular flexibility index (Phi) is 6.15. The van der Waals surface area contributed by atoms with Crippen molar-refractivity contribution in [2.24, 2.45) is 0 Å². The highest BCUT2D eigenvalue weighted by Crippen LogP contribution is 2.25. The van der Waals surface area contributed by atoms with Crippen LogP contribution in [-0.2, 0) is 14.8 Å². The molecule has 10 heteroatoms. The van der Waals surface area contributed by atoms with Crippen LogP contribution in [0.2, 0.25) is 0 Å². The molecule has 0 saturated carbocycles. The summed E-state index contributed by atoms with van der Waals surface area (Å²) in [6.07, 6.45) is 0. The molecule has 29 heavy (non-hydrogen) atoms. The maximum atomic E-state index is 12.4. The van der Waals surface area contributed by atoms with Crippen LogP contribution in [0.4, 0.5) is 5.69 Å². The molecule has 0 aliphatic heterocycles. The van der Waals surface area contributed by atoms with Crippen LogP contribution in [0.15, 0.2) is 46.5 Å². The van der Waals surface area contributed by atoms with E-state index in [1.807, 2.05) is 18.2 Å². The van der Waals surface area contributed by atoms with E-state index in [0.717, 1.165) is 21.1 Å². The molecule has 0 saturated heterocycles. The predicted molar refractivity (Wildman–Crippen MR) is 114 cm³/mol. The summed E-state index contributed by atoms with van der Waals surface area (Å²) in [5.74, 6) is 0.587. The third-order valence-corrected chi connectivity index (χ3v) is 7.07. The van der Waals surface area contributed by atoms with Gasteiger partial charge < -0.3 is 15.0 Å². The van der Waals surface area contributed by atoms with Gasteiger partial charge in [-0.2, -0.15) is 0 Å². The van der Waals surface area contributed by atoms with Crippen LogP contribution in [0.5, 0.6) is 5.75 Å². The number of carbonyl (C=O) groups excluding carboxylic acids is 1. The van der Waals surface area contributed by atoms with Crippen LogP contribution in [-0.4, -0.2) is 55.6 Å². The van der Waals surface area contributed by atoms with Crippen molar-refractivity contribution in [2.45, 2.75) is 17.0 Å². The summed E-state index contributed by atoms with van der Waals surface area (Å²) in [5.41, 5.74) is 2.65. The van der Waals surface area contributed by atoms with Crippen molar-refractivity contribution in [1.82, 2.24) is 14.3 Å². The van der Waals surface area contributed by atoms with Gasteiger partial charge in [-0.3, -0.25) is 4.79 Å². The minimum absolute atomic E-state index is 0.126. The molecule has 0 aliphatic carbocycles. The number of H-pyrrole nitrogens is 1. The monoisotopic (exact) mass is 434 g/mol. The Balaban J connectivity index is 1.68. The number of hydrogen-bond acceptors (Lipinski definition) is 6. The summed E-state index contributed by atoms with van der Waals surface area (Å²) in [5, 5.41) is 3.35. The zero-order valence-corrected chi connectivity index (χ0v) is 18.1. The lowest BCUT2D eigenvalue weighted by molar-refractivity contribution is -0.113. The Morgan fingerprint density at radius 2 is 2.00 bits per heavy atom. The van der Waals surface area contributed by atoms with Crippen LogP contribution in [0.25, 0.3) is 11.0 Å². The minimum Gasteiger partial charge on any atom is -0.497 e. The van der Waals surface area contributed by atoms with Crippen molar-refractivity contribution in [2.75, 3.05) is 32.3 Å². The van der Waals surface area contributed by atoms with Crippen molar-refractivity contribution < 1.29 is 17.9 Å². The number of fused-ring (bicyclic) bond motifs is 1. The first-order chi connectivity index (χ1) is 13.7. The number of thioether (sulfide) groups is 1. The maximum absolute atomic E-state index is 12.4. The van der Waals surface area contributed by atoms with Crippen molar-refractivity contribution in [3.05, 3.63) is 42.0 Å².